The fourth-order valence-electron chi connectivity index (χ4n) is 3.16. The number of amides is 2. The standard InChI is InChI=1S/C23H20N2O4/c26-21(14-24-23(27)18-11-12-19-20(13-18)29-15-28-19)25-22(16-7-3-1-4-8-16)17-9-5-2-6-10-17/h1-13,22H,14-15H2,(H,24,27)(H,25,26). The molecule has 2 amide bonds. The molecule has 0 saturated carbocycles. The number of nitrogens with one attached hydrogen (secondary N) is 2. The van der Waals surface area contributed by atoms with Gasteiger partial charge in [-0.3, -0.25) is 9.59 Å². The van der Waals surface area contributed by atoms with E-state index in [-0.39, 0.29) is 31.2 Å². The van der Waals surface area contributed by atoms with Crippen molar-refractivity contribution in [3.8, 4) is 11.5 Å². The number of ether oxygens (including phenoxy) is 2. The van der Waals surface area contributed by atoms with Crippen LogP contribution in [0.4, 0.5) is 0 Å². The van der Waals surface area contributed by atoms with Crippen LogP contribution in [0, 0.1) is 0 Å². The molecule has 0 unspecified atom stereocenters. The van der Waals surface area contributed by atoms with Gasteiger partial charge in [-0.1, -0.05) is 60.7 Å². The maximum Gasteiger partial charge on any atom is 0.251 e. The molecule has 146 valence electrons. The zero-order chi connectivity index (χ0) is 20.1. The molecule has 0 aliphatic carbocycles. The van der Waals surface area contributed by atoms with Crippen molar-refractivity contribution in [1.82, 2.24) is 10.6 Å². The van der Waals surface area contributed by atoms with Crippen molar-refractivity contribution in [2.75, 3.05) is 13.3 Å². The van der Waals surface area contributed by atoms with Crippen molar-refractivity contribution in [3.05, 3.63) is 95.6 Å². The lowest BCUT2D eigenvalue weighted by atomic mass is 9.99. The van der Waals surface area contributed by atoms with E-state index in [2.05, 4.69) is 10.6 Å². The molecule has 0 fully saturated rings. The highest BCUT2D eigenvalue weighted by atomic mass is 16.7. The van der Waals surface area contributed by atoms with Crippen molar-refractivity contribution in [2.24, 2.45) is 0 Å². The van der Waals surface area contributed by atoms with Gasteiger partial charge in [0.2, 0.25) is 12.7 Å². The minimum absolute atomic E-state index is 0.135. The molecule has 1 aliphatic heterocycles. The van der Waals surface area contributed by atoms with E-state index in [9.17, 15) is 9.59 Å². The zero-order valence-corrected chi connectivity index (χ0v) is 15.6. The third kappa shape index (κ3) is 4.38. The average Bonchev–Trinajstić information content (AvgIpc) is 3.25. The van der Waals surface area contributed by atoms with Crippen LogP contribution in [0.2, 0.25) is 0 Å². The highest BCUT2D eigenvalue weighted by Crippen LogP contribution is 2.32. The topological polar surface area (TPSA) is 76.7 Å². The van der Waals surface area contributed by atoms with Crippen LogP contribution in [0.25, 0.3) is 0 Å². The summed E-state index contributed by atoms with van der Waals surface area (Å²) in [5.41, 5.74) is 2.34. The first-order valence-corrected chi connectivity index (χ1v) is 9.28. The van der Waals surface area contributed by atoms with Gasteiger partial charge in [0.25, 0.3) is 5.91 Å². The Bertz CT molecular complexity index is 966. The summed E-state index contributed by atoms with van der Waals surface area (Å²) in [7, 11) is 0. The molecule has 0 bridgehead atoms. The van der Waals surface area contributed by atoms with Gasteiger partial charge in [0.05, 0.1) is 12.6 Å². The molecule has 6 nitrogen and oxygen atoms in total. The van der Waals surface area contributed by atoms with E-state index in [1.165, 1.54) is 0 Å². The van der Waals surface area contributed by atoms with Crippen LogP contribution < -0.4 is 20.1 Å². The molecule has 29 heavy (non-hydrogen) atoms. The molecule has 0 saturated heterocycles. The molecule has 0 atom stereocenters. The SMILES string of the molecule is O=C(CNC(=O)c1ccc2c(c1)OCO2)NC(c1ccccc1)c1ccccc1. The molecule has 1 heterocycles. The molecule has 0 spiro atoms. The van der Waals surface area contributed by atoms with Crippen LogP contribution in [0.15, 0.2) is 78.9 Å². The van der Waals surface area contributed by atoms with Crippen molar-refractivity contribution < 1.29 is 19.1 Å². The van der Waals surface area contributed by atoms with Crippen molar-refractivity contribution in [3.63, 3.8) is 0 Å². The van der Waals surface area contributed by atoms with E-state index in [4.69, 9.17) is 9.47 Å². The van der Waals surface area contributed by atoms with E-state index >= 15 is 0 Å². The molecular weight excluding hydrogens is 368 g/mol. The Labute approximate surface area is 168 Å². The second-order valence-corrected chi connectivity index (χ2v) is 6.57. The fourth-order valence-corrected chi connectivity index (χ4v) is 3.16. The van der Waals surface area contributed by atoms with E-state index in [0.29, 0.717) is 17.1 Å². The Kier molecular flexibility index (Phi) is 5.42. The van der Waals surface area contributed by atoms with Gasteiger partial charge in [0.15, 0.2) is 11.5 Å². The largest absolute Gasteiger partial charge is 0.454 e. The summed E-state index contributed by atoms with van der Waals surface area (Å²) in [6, 6.07) is 24.0. The van der Waals surface area contributed by atoms with Gasteiger partial charge in [-0.25, -0.2) is 0 Å². The Hall–Kier alpha value is -3.80. The first kappa shape index (κ1) is 18.6. The van der Waals surface area contributed by atoms with Crippen LogP contribution in [-0.4, -0.2) is 25.2 Å². The lowest BCUT2D eigenvalue weighted by molar-refractivity contribution is -0.120. The average molecular weight is 388 g/mol. The Morgan fingerprint density at radius 1 is 0.828 bits per heavy atom. The number of carbonyl (C=O) groups excluding carboxylic acids is 2. The molecule has 6 heteroatoms. The first-order chi connectivity index (χ1) is 14.2. The number of fused-ring (bicyclic) bond motifs is 1. The van der Waals surface area contributed by atoms with Gasteiger partial charge in [-0.05, 0) is 29.3 Å². The van der Waals surface area contributed by atoms with E-state index < -0.39 is 0 Å². The maximum atomic E-state index is 12.6. The van der Waals surface area contributed by atoms with Crippen molar-refractivity contribution in [2.45, 2.75) is 6.04 Å². The highest BCUT2D eigenvalue weighted by molar-refractivity contribution is 5.97. The Morgan fingerprint density at radius 3 is 2.10 bits per heavy atom. The number of benzene rings is 3. The lowest BCUT2D eigenvalue weighted by Gasteiger charge is -2.20. The maximum absolute atomic E-state index is 12.6. The second-order valence-electron chi connectivity index (χ2n) is 6.57. The van der Waals surface area contributed by atoms with Gasteiger partial charge in [0, 0.05) is 5.56 Å². The van der Waals surface area contributed by atoms with E-state index in [0.717, 1.165) is 11.1 Å². The Morgan fingerprint density at radius 2 is 1.45 bits per heavy atom. The molecule has 0 aromatic heterocycles. The zero-order valence-electron chi connectivity index (χ0n) is 15.6. The van der Waals surface area contributed by atoms with Gasteiger partial charge >= 0.3 is 0 Å². The summed E-state index contributed by atoms with van der Waals surface area (Å²) in [6.07, 6.45) is 0. The van der Waals surface area contributed by atoms with Gasteiger partial charge in [-0.2, -0.15) is 0 Å². The molecule has 1 aliphatic rings. The van der Waals surface area contributed by atoms with E-state index in [1.54, 1.807) is 18.2 Å². The summed E-state index contributed by atoms with van der Waals surface area (Å²) in [6.45, 7) is 0.00656. The third-order valence-electron chi connectivity index (χ3n) is 4.62. The van der Waals surface area contributed by atoms with Crippen LogP contribution in [0.3, 0.4) is 0 Å². The minimum Gasteiger partial charge on any atom is -0.454 e. The molecule has 3 aromatic rings. The minimum atomic E-state index is -0.352. The monoisotopic (exact) mass is 388 g/mol. The summed E-state index contributed by atoms with van der Waals surface area (Å²) < 4.78 is 10.5. The molecule has 0 radical (unpaired) electrons. The predicted octanol–water partition coefficient (Wildman–Crippen LogP) is 3.05. The van der Waals surface area contributed by atoms with Crippen LogP contribution in [0.5, 0.6) is 11.5 Å². The smallest absolute Gasteiger partial charge is 0.251 e. The number of hydrogen-bond donors (Lipinski definition) is 2. The summed E-state index contributed by atoms with van der Waals surface area (Å²) >= 11 is 0. The second kappa shape index (κ2) is 8.48. The summed E-state index contributed by atoms with van der Waals surface area (Å²) in [5.74, 6) is 0.495. The van der Waals surface area contributed by atoms with Crippen molar-refractivity contribution >= 4 is 11.8 Å². The fraction of sp³-hybridized carbons (Fsp3) is 0.130. The van der Waals surface area contributed by atoms with E-state index in [1.807, 2.05) is 60.7 Å². The van der Waals surface area contributed by atoms with Gasteiger partial charge in [0.1, 0.15) is 0 Å². The number of rotatable bonds is 6. The number of hydrogen-bond acceptors (Lipinski definition) is 4. The van der Waals surface area contributed by atoms with Crippen molar-refractivity contribution in [1.29, 1.82) is 0 Å². The van der Waals surface area contributed by atoms with Crippen LogP contribution in [0.1, 0.15) is 27.5 Å². The third-order valence-corrected chi connectivity index (χ3v) is 4.62. The summed E-state index contributed by atoms with van der Waals surface area (Å²) in [5, 5.41) is 5.65. The molecule has 4 rings (SSSR count). The van der Waals surface area contributed by atoms with Gasteiger partial charge in [-0.15, -0.1) is 0 Å². The molecular formula is C23H20N2O4. The number of carbonyl (C=O) groups is 2. The molecule has 2 N–H and O–H groups in total. The highest BCUT2D eigenvalue weighted by Gasteiger charge is 2.19. The van der Waals surface area contributed by atoms with Crippen LogP contribution in [-0.2, 0) is 4.79 Å². The first-order valence-electron chi connectivity index (χ1n) is 9.28. The molecule has 3 aromatic carbocycles. The quantitative estimate of drug-likeness (QED) is 0.681. The Balaban J connectivity index is 1.41. The van der Waals surface area contributed by atoms with Gasteiger partial charge < -0.3 is 20.1 Å². The van der Waals surface area contributed by atoms with Crippen LogP contribution >= 0.6 is 0 Å². The summed E-state index contributed by atoms with van der Waals surface area (Å²) in [4.78, 5) is 24.9. The predicted molar refractivity (Wildman–Crippen MR) is 108 cm³/mol. The normalized spacial score (nSPS) is 11.9. The lowest BCUT2D eigenvalue weighted by Crippen LogP contribution is -2.39.